The third-order valence-electron chi connectivity index (χ3n) is 6.30. The highest BCUT2D eigenvalue weighted by Crippen LogP contribution is 2.38. The third kappa shape index (κ3) is 4.84. The fourth-order valence-corrected chi connectivity index (χ4v) is 6.00. The normalized spacial score (nSPS) is 22.4. The molecule has 1 heterocycles. The van der Waals surface area contributed by atoms with Gasteiger partial charge < -0.3 is 4.90 Å². The maximum Gasteiger partial charge on any atom is 0.283 e. The Hall–Kier alpha value is -2.46. The number of carbonyl (C=O) groups is 1. The Morgan fingerprint density at radius 1 is 1.15 bits per heavy atom. The van der Waals surface area contributed by atoms with Crippen LogP contribution in [0.15, 0.2) is 42.5 Å². The van der Waals surface area contributed by atoms with E-state index in [1.54, 1.807) is 13.8 Å². The first kappa shape index (κ1) is 24.7. The Bertz CT molecular complexity index is 1200. The summed E-state index contributed by atoms with van der Waals surface area (Å²) in [4.78, 5) is 13.7. The van der Waals surface area contributed by atoms with E-state index in [4.69, 9.17) is 0 Å². The second-order valence-corrected chi connectivity index (χ2v) is 11.3. The van der Waals surface area contributed by atoms with Gasteiger partial charge in [0.15, 0.2) is 0 Å². The zero-order valence-corrected chi connectivity index (χ0v) is 19.6. The van der Waals surface area contributed by atoms with Crippen LogP contribution in [0.4, 0.5) is 17.6 Å². The fraction of sp³-hybridized carbons (Fsp3) is 0.458. The standard InChI is InChI=1S/C24H26F4N2O3S/c1-14(2)23(31)30-13-24(27,28)22(29-34(32,33)18-9-10-18)20(30)12-16-6-4-8-19(21(16)26)15-5-3-7-17(25)11-15/h3-8,11,14,18,20,22,29H,9-10,12-13H2,1-2H3/t20-,22+/m0/s1. The van der Waals surface area contributed by atoms with Gasteiger partial charge in [-0.15, -0.1) is 0 Å². The summed E-state index contributed by atoms with van der Waals surface area (Å²) >= 11 is 0. The Labute approximate surface area is 196 Å². The number of halogens is 4. The predicted molar refractivity (Wildman–Crippen MR) is 120 cm³/mol. The Kier molecular flexibility index (Phi) is 6.50. The summed E-state index contributed by atoms with van der Waals surface area (Å²) in [6, 6.07) is 6.51. The van der Waals surface area contributed by atoms with E-state index in [1.165, 1.54) is 36.4 Å². The van der Waals surface area contributed by atoms with E-state index in [9.17, 15) is 17.6 Å². The minimum atomic E-state index is -4.01. The highest BCUT2D eigenvalue weighted by molar-refractivity contribution is 7.90. The lowest BCUT2D eigenvalue weighted by atomic mass is 9.95. The Morgan fingerprint density at radius 3 is 2.44 bits per heavy atom. The molecule has 1 saturated carbocycles. The number of likely N-dealkylation sites (tertiary alicyclic amines) is 1. The van der Waals surface area contributed by atoms with Crippen molar-refractivity contribution >= 4 is 15.9 Å². The van der Waals surface area contributed by atoms with Crippen LogP contribution in [-0.2, 0) is 21.2 Å². The van der Waals surface area contributed by atoms with Crippen molar-refractivity contribution in [3.63, 3.8) is 0 Å². The van der Waals surface area contributed by atoms with Gasteiger partial charge in [0, 0.05) is 11.5 Å². The second-order valence-electron chi connectivity index (χ2n) is 9.28. The van der Waals surface area contributed by atoms with Crippen LogP contribution in [0.25, 0.3) is 11.1 Å². The molecule has 2 fully saturated rings. The van der Waals surface area contributed by atoms with Crippen molar-refractivity contribution in [1.29, 1.82) is 0 Å². The van der Waals surface area contributed by atoms with E-state index >= 15 is 13.2 Å². The molecule has 1 amide bonds. The quantitative estimate of drug-likeness (QED) is 0.584. The van der Waals surface area contributed by atoms with Crippen molar-refractivity contribution in [2.24, 2.45) is 5.92 Å². The number of rotatable bonds is 7. The summed E-state index contributed by atoms with van der Waals surface area (Å²) in [5.41, 5.74) is 0.387. The van der Waals surface area contributed by atoms with Crippen LogP contribution in [0, 0.1) is 17.6 Å². The Morgan fingerprint density at radius 2 is 1.82 bits per heavy atom. The number of amides is 1. The first-order valence-corrected chi connectivity index (χ1v) is 12.7. The molecule has 2 atom stereocenters. The van der Waals surface area contributed by atoms with Gasteiger partial charge in [0.2, 0.25) is 15.9 Å². The van der Waals surface area contributed by atoms with E-state index in [0.717, 1.165) is 11.0 Å². The number of nitrogens with one attached hydrogen (secondary N) is 1. The van der Waals surface area contributed by atoms with Gasteiger partial charge >= 0.3 is 0 Å². The van der Waals surface area contributed by atoms with E-state index in [2.05, 4.69) is 4.72 Å². The molecular weight excluding hydrogens is 472 g/mol. The molecule has 0 bridgehead atoms. The molecule has 1 aliphatic carbocycles. The van der Waals surface area contributed by atoms with Crippen LogP contribution in [-0.4, -0.2) is 49.0 Å². The topological polar surface area (TPSA) is 66.5 Å². The largest absolute Gasteiger partial charge is 0.331 e. The summed E-state index contributed by atoms with van der Waals surface area (Å²) in [5.74, 6) is -6.00. The van der Waals surface area contributed by atoms with Gasteiger partial charge in [0.1, 0.15) is 17.7 Å². The van der Waals surface area contributed by atoms with Crippen LogP contribution in [0.1, 0.15) is 32.3 Å². The molecule has 0 unspecified atom stereocenters. The highest BCUT2D eigenvalue weighted by Gasteiger charge is 2.58. The molecule has 4 rings (SSSR count). The molecule has 1 N–H and O–H groups in total. The molecule has 0 radical (unpaired) electrons. The summed E-state index contributed by atoms with van der Waals surface area (Å²) in [5, 5.41) is -0.730. The zero-order valence-electron chi connectivity index (χ0n) is 18.8. The maximum atomic E-state index is 15.5. The molecule has 184 valence electrons. The average molecular weight is 499 g/mol. The van der Waals surface area contributed by atoms with Gasteiger partial charge in [0.05, 0.1) is 17.8 Å². The summed E-state index contributed by atoms with van der Waals surface area (Å²) in [7, 11) is -4.01. The monoisotopic (exact) mass is 498 g/mol. The molecule has 10 heteroatoms. The van der Waals surface area contributed by atoms with Crippen molar-refractivity contribution in [2.75, 3.05) is 6.54 Å². The molecule has 2 aromatic carbocycles. The molecule has 0 spiro atoms. The van der Waals surface area contributed by atoms with Crippen molar-refractivity contribution in [2.45, 2.75) is 56.4 Å². The highest BCUT2D eigenvalue weighted by atomic mass is 32.2. The minimum absolute atomic E-state index is 0.0293. The van der Waals surface area contributed by atoms with Gasteiger partial charge in [-0.05, 0) is 42.5 Å². The summed E-state index contributed by atoms with van der Waals surface area (Å²) < 4.78 is 86.5. The molecule has 1 aliphatic heterocycles. The van der Waals surface area contributed by atoms with Crippen molar-refractivity contribution in [3.8, 4) is 11.1 Å². The molecule has 34 heavy (non-hydrogen) atoms. The van der Waals surface area contributed by atoms with E-state index in [-0.39, 0.29) is 23.1 Å². The third-order valence-corrected chi connectivity index (χ3v) is 8.23. The van der Waals surface area contributed by atoms with Crippen molar-refractivity contribution in [3.05, 3.63) is 59.7 Å². The lowest BCUT2D eigenvalue weighted by molar-refractivity contribution is -0.136. The number of carbonyl (C=O) groups excluding carboxylic acids is 1. The predicted octanol–water partition coefficient (Wildman–Crippen LogP) is 4.13. The number of hydrogen-bond donors (Lipinski definition) is 1. The number of alkyl halides is 2. The van der Waals surface area contributed by atoms with Crippen LogP contribution in [0.3, 0.4) is 0 Å². The van der Waals surface area contributed by atoms with Gasteiger partial charge in [-0.3, -0.25) is 4.79 Å². The first-order chi connectivity index (χ1) is 15.9. The van der Waals surface area contributed by atoms with Gasteiger partial charge in [-0.25, -0.2) is 30.7 Å². The number of sulfonamides is 1. The minimum Gasteiger partial charge on any atom is -0.331 e. The fourth-order valence-electron chi connectivity index (χ4n) is 4.36. The number of nitrogens with zero attached hydrogens (tertiary/aromatic N) is 1. The van der Waals surface area contributed by atoms with Crippen LogP contribution >= 0.6 is 0 Å². The zero-order chi connectivity index (χ0) is 24.8. The molecule has 5 nitrogen and oxygen atoms in total. The average Bonchev–Trinajstić information content (AvgIpc) is 3.58. The smallest absolute Gasteiger partial charge is 0.283 e. The van der Waals surface area contributed by atoms with E-state index in [1.807, 2.05) is 0 Å². The van der Waals surface area contributed by atoms with Crippen LogP contribution in [0.2, 0.25) is 0 Å². The molecule has 1 saturated heterocycles. The Balaban J connectivity index is 1.72. The van der Waals surface area contributed by atoms with Crippen molar-refractivity contribution in [1.82, 2.24) is 9.62 Å². The van der Waals surface area contributed by atoms with Crippen LogP contribution in [0.5, 0.6) is 0 Å². The lowest BCUT2D eigenvalue weighted by Gasteiger charge is -2.29. The SMILES string of the molecule is CC(C)C(=O)N1CC(F)(F)[C@H](NS(=O)(=O)C2CC2)[C@@H]1Cc1cccc(-c2cccc(F)c2)c1F. The first-order valence-electron chi connectivity index (χ1n) is 11.1. The molecule has 0 aromatic heterocycles. The van der Waals surface area contributed by atoms with Crippen LogP contribution < -0.4 is 4.72 Å². The van der Waals surface area contributed by atoms with Gasteiger partial charge in [-0.1, -0.05) is 44.2 Å². The summed E-state index contributed by atoms with van der Waals surface area (Å²) in [6.07, 6.45) is 0.440. The maximum absolute atomic E-state index is 15.5. The second kappa shape index (κ2) is 8.96. The van der Waals surface area contributed by atoms with E-state index in [0.29, 0.717) is 12.8 Å². The van der Waals surface area contributed by atoms with Crippen molar-refractivity contribution < 1.29 is 30.8 Å². The molecule has 2 aromatic rings. The molecule has 2 aliphatic rings. The number of hydrogen-bond acceptors (Lipinski definition) is 3. The number of benzene rings is 2. The van der Waals surface area contributed by atoms with E-state index < -0.39 is 63.3 Å². The van der Waals surface area contributed by atoms with Gasteiger partial charge in [0.25, 0.3) is 5.92 Å². The lowest BCUT2D eigenvalue weighted by Crippen LogP contribution is -2.53. The molecular formula is C24H26F4N2O3S. The summed E-state index contributed by atoms with van der Waals surface area (Å²) in [6.45, 7) is 2.16. The van der Waals surface area contributed by atoms with Gasteiger partial charge in [-0.2, -0.15) is 0 Å².